The van der Waals surface area contributed by atoms with Crippen LogP contribution in [0.3, 0.4) is 0 Å². The van der Waals surface area contributed by atoms with Crippen LogP contribution in [0, 0.1) is 0 Å². The van der Waals surface area contributed by atoms with Gasteiger partial charge in [-0.1, -0.05) is 12.5 Å². The lowest BCUT2D eigenvalue weighted by Gasteiger charge is -2.01. The first-order valence-electron chi connectivity index (χ1n) is 4.80. The molecule has 72 valence electrons. The summed E-state index contributed by atoms with van der Waals surface area (Å²) in [6, 6.07) is 0. The lowest BCUT2D eigenvalue weighted by molar-refractivity contribution is 0.129. The first kappa shape index (κ1) is 11.7. The molecule has 12 heavy (non-hydrogen) atoms. The molecule has 0 aromatic rings. The van der Waals surface area contributed by atoms with E-state index >= 15 is 0 Å². The first-order chi connectivity index (χ1) is 5.91. The van der Waals surface area contributed by atoms with E-state index in [0.29, 0.717) is 0 Å². The maximum absolute atomic E-state index is 5.35. The minimum absolute atomic E-state index is 0.733. The van der Waals surface area contributed by atoms with Crippen LogP contribution in [0.25, 0.3) is 0 Å². The number of allylic oxidation sites excluding steroid dienone is 1. The Hall–Kier alpha value is -0.340. The van der Waals surface area contributed by atoms with Crippen molar-refractivity contribution in [2.24, 2.45) is 5.73 Å². The predicted molar refractivity (Wildman–Crippen MR) is 53.2 cm³/mol. The molecule has 0 unspecified atom stereocenters. The summed E-state index contributed by atoms with van der Waals surface area (Å²) in [5.74, 6) is 0. The highest BCUT2D eigenvalue weighted by Gasteiger charge is 1.88. The van der Waals surface area contributed by atoms with Crippen LogP contribution in [0.2, 0.25) is 0 Å². The highest BCUT2D eigenvalue weighted by Crippen LogP contribution is 2.00. The maximum atomic E-state index is 5.35. The van der Waals surface area contributed by atoms with Crippen molar-refractivity contribution in [3.63, 3.8) is 0 Å². The van der Waals surface area contributed by atoms with E-state index in [1.165, 1.54) is 19.3 Å². The largest absolute Gasteiger partial charge is 0.381 e. The number of ether oxygens (including phenoxy) is 1. The van der Waals surface area contributed by atoms with E-state index in [1.54, 1.807) is 0 Å². The quantitative estimate of drug-likeness (QED) is 0.426. The second-order valence-electron chi connectivity index (χ2n) is 2.89. The molecule has 2 N–H and O–H groups in total. The van der Waals surface area contributed by atoms with Crippen molar-refractivity contribution in [1.82, 2.24) is 0 Å². The van der Waals surface area contributed by atoms with Crippen molar-refractivity contribution >= 4 is 0 Å². The number of nitrogens with two attached hydrogens (primary N) is 1. The molecule has 0 aromatic heterocycles. The van der Waals surface area contributed by atoms with E-state index < -0.39 is 0 Å². The Balaban J connectivity index is 2.77. The molecule has 0 saturated heterocycles. The van der Waals surface area contributed by atoms with Crippen molar-refractivity contribution in [3.05, 3.63) is 12.7 Å². The molecule has 0 aliphatic rings. The van der Waals surface area contributed by atoms with Gasteiger partial charge in [0, 0.05) is 13.2 Å². The summed E-state index contributed by atoms with van der Waals surface area (Å²) in [4.78, 5) is 0. The molecule has 0 bridgehead atoms. The van der Waals surface area contributed by atoms with Gasteiger partial charge in [-0.2, -0.15) is 0 Å². The molecule has 0 amide bonds. The van der Waals surface area contributed by atoms with Crippen molar-refractivity contribution in [3.8, 4) is 0 Å². The van der Waals surface area contributed by atoms with E-state index in [0.717, 1.165) is 32.6 Å². The Morgan fingerprint density at radius 3 is 2.50 bits per heavy atom. The van der Waals surface area contributed by atoms with Crippen LogP contribution >= 0.6 is 0 Å². The van der Waals surface area contributed by atoms with Gasteiger partial charge in [-0.15, -0.1) is 6.58 Å². The molecule has 0 aromatic carbocycles. The minimum atomic E-state index is 0.733. The maximum Gasteiger partial charge on any atom is 0.0478 e. The van der Waals surface area contributed by atoms with Gasteiger partial charge < -0.3 is 10.5 Å². The fraction of sp³-hybridized carbons (Fsp3) is 0.800. The van der Waals surface area contributed by atoms with Gasteiger partial charge in [0.25, 0.3) is 0 Å². The standard InChI is InChI=1S/C10H21NO/c1-2-3-4-5-6-9-12-10-7-8-11/h2H,1,3-11H2. The molecule has 0 aliphatic heterocycles. The third kappa shape index (κ3) is 9.66. The molecule has 2 heteroatoms. The monoisotopic (exact) mass is 171 g/mol. The minimum Gasteiger partial charge on any atom is -0.381 e. The van der Waals surface area contributed by atoms with E-state index in [-0.39, 0.29) is 0 Å². The molecule has 0 spiro atoms. The van der Waals surface area contributed by atoms with E-state index in [4.69, 9.17) is 10.5 Å². The van der Waals surface area contributed by atoms with Crippen LogP contribution in [-0.2, 0) is 4.74 Å². The molecule has 0 aliphatic carbocycles. The molecule has 0 saturated carbocycles. The average Bonchev–Trinajstić information content (AvgIpc) is 2.10. The van der Waals surface area contributed by atoms with Crippen LogP contribution in [0.5, 0.6) is 0 Å². The summed E-state index contributed by atoms with van der Waals surface area (Å²) in [5, 5.41) is 0. The van der Waals surface area contributed by atoms with E-state index in [2.05, 4.69) is 6.58 Å². The highest BCUT2D eigenvalue weighted by atomic mass is 16.5. The zero-order valence-electron chi connectivity index (χ0n) is 7.93. The Morgan fingerprint density at radius 2 is 1.83 bits per heavy atom. The molecule has 0 fully saturated rings. The Morgan fingerprint density at radius 1 is 1.08 bits per heavy atom. The summed E-state index contributed by atoms with van der Waals surface area (Å²) in [5.41, 5.74) is 5.32. The third-order valence-corrected chi connectivity index (χ3v) is 1.69. The van der Waals surface area contributed by atoms with Gasteiger partial charge in [-0.25, -0.2) is 0 Å². The lowest BCUT2D eigenvalue weighted by atomic mass is 10.2. The number of hydrogen-bond donors (Lipinski definition) is 1. The van der Waals surface area contributed by atoms with Gasteiger partial charge in [0.1, 0.15) is 0 Å². The summed E-state index contributed by atoms with van der Waals surface area (Å²) in [6.45, 7) is 6.11. The fourth-order valence-electron chi connectivity index (χ4n) is 0.957. The SMILES string of the molecule is C=CCCCCCOCCCN. The molecule has 0 heterocycles. The van der Waals surface area contributed by atoms with Gasteiger partial charge >= 0.3 is 0 Å². The summed E-state index contributed by atoms with van der Waals surface area (Å²) >= 11 is 0. The number of hydrogen-bond acceptors (Lipinski definition) is 2. The highest BCUT2D eigenvalue weighted by molar-refractivity contribution is 4.65. The predicted octanol–water partition coefficient (Wildman–Crippen LogP) is 2.10. The van der Waals surface area contributed by atoms with Crippen molar-refractivity contribution < 1.29 is 4.74 Å². The van der Waals surface area contributed by atoms with Crippen LogP contribution in [0.4, 0.5) is 0 Å². The zero-order chi connectivity index (χ0) is 9.07. The van der Waals surface area contributed by atoms with Crippen molar-refractivity contribution in [1.29, 1.82) is 0 Å². The van der Waals surface area contributed by atoms with Crippen molar-refractivity contribution in [2.75, 3.05) is 19.8 Å². The normalized spacial score (nSPS) is 10.1. The molecule has 0 atom stereocenters. The van der Waals surface area contributed by atoms with Crippen LogP contribution < -0.4 is 5.73 Å². The van der Waals surface area contributed by atoms with Crippen molar-refractivity contribution in [2.45, 2.75) is 32.1 Å². The van der Waals surface area contributed by atoms with Gasteiger partial charge in [0.05, 0.1) is 0 Å². The number of rotatable bonds is 9. The average molecular weight is 171 g/mol. The van der Waals surface area contributed by atoms with Crippen LogP contribution in [0.15, 0.2) is 12.7 Å². The summed E-state index contributed by atoms with van der Waals surface area (Å²) in [6.07, 6.45) is 7.72. The first-order valence-corrected chi connectivity index (χ1v) is 4.80. The molecule has 0 radical (unpaired) electrons. The van der Waals surface area contributed by atoms with E-state index in [1.807, 2.05) is 6.08 Å². The van der Waals surface area contributed by atoms with Gasteiger partial charge in [-0.3, -0.25) is 0 Å². The second-order valence-corrected chi connectivity index (χ2v) is 2.89. The zero-order valence-corrected chi connectivity index (χ0v) is 7.93. The van der Waals surface area contributed by atoms with Crippen LogP contribution in [0.1, 0.15) is 32.1 Å². The Bertz CT molecular complexity index is 93.8. The Kier molecular flexibility index (Phi) is 10.4. The summed E-state index contributed by atoms with van der Waals surface area (Å²) in [7, 11) is 0. The smallest absolute Gasteiger partial charge is 0.0478 e. The number of unbranched alkanes of at least 4 members (excludes halogenated alkanes) is 3. The van der Waals surface area contributed by atoms with Gasteiger partial charge in [-0.05, 0) is 32.2 Å². The molecule has 0 rings (SSSR count). The van der Waals surface area contributed by atoms with E-state index in [9.17, 15) is 0 Å². The third-order valence-electron chi connectivity index (χ3n) is 1.69. The van der Waals surface area contributed by atoms with Gasteiger partial charge in [0.2, 0.25) is 0 Å². The fourth-order valence-corrected chi connectivity index (χ4v) is 0.957. The molecular formula is C10H21NO. The topological polar surface area (TPSA) is 35.2 Å². The van der Waals surface area contributed by atoms with Crippen LogP contribution in [-0.4, -0.2) is 19.8 Å². The van der Waals surface area contributed by atoms with Gasteiger partial charge in [0.15, 0.2) is 0 Å². The molecule has 2 nitrogen and oxygen atoms in total. The second kappa shape index (κ2) is 10.7. The molecular weight excluding hydrogens is 150 g/mol. The lowest BCUT2D eigenvalue weighted by Crippen LogP contribution is -2.04. The Labute approximate surface area is 75.8 Å². The summed E-state index contributed by atoms with van der Waals surface area (Å²) < 4.78 is 5.35.